The van der Waals surface area contributed by atoms with Crippen molar-refractivity contribution in [3.05, 3.63) is 42.0 Å². The van der Waals surface area contributed by atoms with Gasteiger partial charge in [0.05, 0.1) is 12.2 Å². The lowest BCUT2D eigenvalue weighted by Crippen LogP contribution is -2.34. The van der Waals surface area contributed by atoms with E-state index in [2.05, 4.69) is 85.0 Å². The SMILES string of the molecule is CCC(C)n1ccc(Cn2ccc(CNC(C)(C)C)c2)n1. The Morgan fingerprint density at radius 2 is 2.00 bits per heavy atom. The number of rotatable bonds is 6. The molecule has 2 heterocycles. The summed E-state index contributed by atoms with van der Waals surface area (Å²) >= 11 is 0. The molecule has 4 heteroatoms. The Morgan fingerprint density at radius 1 is 1.24 bits per heavy atom. The minimum Gasteiger partial charge on any atom is -0.348 e. The molecule has 1 unspecified atom stereocenters. The van der Waals surface area contributed by atoms with Crippen molar-refractivity contribution in [2.24, 2.45) is 0 Å². The zero-order valence-corrected chi connectivity index (χ0v) is 13.9. The van der Waals surface area contributed by atoms with Gasteiger partial charge in [-0.1, -0.05) is 6.92 Å². The first-order chi connectivity index (χ1) is 9.87. The quantitative estimate of drug-likeness (QED) is 0.881. The number of hydrogen-bond donors (Lipinski definition) is 1. The summed E-state index contributed by atoms with van der Waals surface area (Å²) < 4.78 is 4.25. The molecular formula is C17H28N4. The van der Waals surface area contributed by atoms with Crippen molar-refractivity contribution in [3.8, 4) is 0 Å². The van der Waals surface area contributed by atoms with Gasteiger partial charge in [0.1, 0.15) is 0 Å². The third-order valence-electron chi connectivity index (χ3n) is 3.69. The van der Waals surface area contributed by atoms with Crippen LogP contribution in [-0.2, 0) is 13.1 Å². The lowest BCUT2D eigenvalue weighted by Gasteiger charge is -2.19. The van der Waals surface area contributed by atoms with Crippen LogP contribution in [0.1, 0.15) is 58.3 Å². The van der Waals surface area contributed by atoms with Gasteiger partial charge in [0, 0.05) is 36.7 Å². The van der Waals surface area contributed by atoms with Crippen molar-refractivity contribution >= 4 is 0 Å². The van der Waals surface area contributed by atoms with Crippen LogP contribution in [0.3, 0.4) is 0 Å². The van der Waals surface area contributed by atoms with Crippen LogP contribution in [0.25, 0.3) is 0 Å². The first-order valence-corrected chi connectivity index (χ1v) is 7.81. The van der Waals surface area contributed by atoms with Gasteiger partial charge in [-0.15, -0.1) is 0 Å². The Balaban J connectivity index is 1.94. The highest BCUT2D eigenvalue weighted by Crippen LogP contribution is 2.11. The van der Waals surface area contributed by atoms with Crippen LogP contribution in [0.2, 0.25) is 0 Å². The molecule has 0 aliphatic carbocycles. The molecule has 0 spiro atoms. The van der Waals surface area contributed by atoms with Gasteiger partial charge in [0.2, 0.25) is 0 Å². The maximum Gasteiger partial charge on any atom is 0.0821 e. The summed E-state index contributed by atoms with van der Waals surface area (Å²) in [6, 6.07) is 4.75. The molecule has 2 aromatic rings. The number of hydrogen-bond acceptors (Lipinski definition) is 2. The molecule has 4 nitrogen and oxygen atoms in total. The smallest absolute Gasteiger partial charge is 0.0821 e. The van der Waals surface area contributed by atoms with Crippen molar-refractivity contribution in [1.29, 1.82) is 0 Å². The molecule has 0 saturated carbocycles. The van der Waals surface area contributed by atoms with Crippen LogP contribution >= 0.6 is 0 Å². The van der Waals surface area contributed by atoms with Crippen LogP contribution < -0.4 is 5.32 Å². The zero-order chi connectivity index (χ0) is 15.5. The molecular weight excluding hydrogens is 260 g/mol. The highest BCUT2D eigenvalue weighted by Gasteiger charge is 2.09. The lowest BCUT2D eigenvalue weighted by molar-refractivity contribution is 0.424. The van der Waals surface area contributed by atoms with Gasteiger partial charge in [-0.3, -0.25) is 4.68 Å². The number of nitrogens with zero attached hydrogens (tertiary/aromatic N) is 3. The Bertz CT molecular complexity index is 559. The van der Waals surface area contributed by atoms with E-state index >= 15 is 0 Å². The average molecular weight is 288 g/mol. The zero-order valence-electron chi connectivity index (χ0n) is 13.9. The van der Waals surface area contributed by atoms with Crippen molar-refractivity contribution in [3.63, 3.8) is 0 Å². The van der Waals surface area contributed by atoms with Crippen LogP contribution in [0.5, 0.6) is 0 Å². The molecule has 0 amide bonds. The van der Waals surface area contributed by atoms with Gasteiger partial charge >= 0.3 is 0 Å². The predicted molar refractivity (Wildman–Crippen MR) is 87.4 cm³/mol. The third kappa shape index (κ3) is 4.74. The lowest BCUT2D eigenvalue weighted by atomic mass is 10.1. The maximum absolute atomic E-state index is 4.65. The number of aromatic nitrogens is 3. The minimum absolute atomic E-state index is 0.150. The molecule has 0 aromatic carbocycles. The highest BCUT2D eigenvalue weighted by atomic mass is 15.3. The topological polar surface area (TPSA) is 34.8 Å². The molecule has 2 aromatic heterocycles. The van der Waals surface area contributed by atoms with E-state index in [9.17, 15) is 0 Å². The van der Waals surface area contributed by atoms with Crippen molar-refractivity contribution in [2.75, 3.05) is 0 Å². The molecule has 116 valence electrons. The summed E-state index contributed by atoms with van der Waals surface area (Å²) in [5, 5.41) is 8.16. The van der Waals surface area contributed by atoms with Crippen molar-refractivity contribution in [2.45, 2.75) is 65.7 Å². The molecule has 0 saturated heterocycles. The van der Waals surface area contributed by atoms with Crippen LogP contribution in [-0.4, -0.2) is 19.9 Å². The van der Waals surface area contributed by atoms with Crippen LogP contribution in [0, 0.1) is 0 Å². The molecule has 0 radical (unpaired) electrons. The van der Waals surface area contributed by atoms with E-state index in [0.717, 1.165) is 25.2 Å². The fourth-order valence-electron chi connectivity index (χ4n) is 2.14. The summed E-state index contributed by atoms with van der Waals surface area (Å²) in [5.74, 6) is 0. The Hall–Kier alpha value is -1.55. The van der Waals surface area contributed by atoms with Gasteiger partial charge in [-0.05, 0) is 51.8 Å². The molecule has 2 rings (SSSR count). The Labute approximate surface area is 128 Å². The normalized spacial score (nSPS) is 13.6. The summed E-state index contributed by atoms with van der Waals surface area (Å²) in [6.45, 7) is 12.7. The van der Waals surface area contributed by atoms with Gasteiger partial charge < -0.3 is 9.88 Å². The Morgan fingerprint density at radius 3 is 2.67 bits per heavy atom. The van der Waals surface area contributed by atoms with Crippen molar-refractivity contribution in [1.82, 2.24) is 19.7 Å². The second-order valence-corrected chi connectivity index (χ2v) is 6.84. The molecule has 0 bridgehead atoms. The minimum atomic E-state index is 0.150. The monoisotopic (exact) mass is 288 g/mol. The standard InChI is InChI=1S/C17H28N4/c1-6-14(2)21-10-8-16(19-21)13-20-9-7-15(12-20)11-18-17(3,4)5/h7-10,12,14,18H,6,11,13H2,1-5H3. The predicted octanol–water partition coefficient (Wildman–Crippen LogP) is 3.59. The molecule has 0 aliphatic heterocycles. The fourth-order valence-corrected chi connectivity index (χ4v) is 2.14. The molecule has 0 fully saturated rings. The maximum atomic E-state index is 4.65. The molecule has 0 aliphatic rings. The van der Waals surface area contributed by atoms with Gasteiger partial charge in [0.25, 0.3) is 0 Å². The summed E-state index contributed by atoms with van der Waals surface area (Å²) in [6.07, 6.45) is 7.51. The van der Waals surface area contributed by atoms with E-state index < -0.39 is 0 Å². The van der Waals surface area contributed by atoms with Gasteiger partial charge in [0.15, 0.2) is 0 Å². The molecule has 21 heavy (non-hydrogen) atoms. The third-order valence-corrected chi connectivity index (χ3v) is 3.69. The molecule has 1 atom stereocenters. The average Bonchev–Trinajstić information content (AvgIpc) is 3.04. The summed E-state index contributed by atoms with van der Waals surface area (Å²) in [4.78, 5) is 0. The van der Waals surface area contributed by atoms with E-state index in [1.54, 1.807) is 0 Å². The summed E-state index contributed by atoms with van der Waals surface area (Å²) in [5.41, 5.74) is 2.57. The van der Waals surface area contributed by atoms with E-state index in [0.29, 0.717) is 6.04 Å². The largest absolute Gasteiger partial charge is 0.348 e. The van der Waals surface area contributed by atoms with Gasteiger partial charge in [-0.2, -0.15) is 5.10 Å². The van der Waals surface area contributed by atoms with E-state index in [1.165, 1.54) is 5.56 Å². The number of nitrogens with one attached hydrogen (secondary N) is 1. The second kappa shape index (κ2) is 6.48. The highest BCUT2D eigenvalue weighted by molar-refractivity contribution is 5.12. The van der Waals surface area contributed by atoms with E-state index in [4.69, 9.17) is 0 Å². The van der Waals surface area contributed by atoms with Crippen molar-refractivity contribution < 1.29 is 0 Å². The van der Waals surface area contributed by atoms with Gasteiger partial charge in [-0.25, -0.2) is 0 Å². The second-order valence-electron chi connectivity index (χ2n) is 6.84. The first-order valence-electron chi connectivity index (χ1n) is 7.81. The Kier molecular flexibility index (Phi) is 4.88. The van der Waals surface area contributed by atoms with Crippen LogP contribution in [0.4, 0.5) is 0 Å². The molecule has 1 N–H and O–H groups in total. The first kappa shape index (κ1) is 15.8. The van der Waals surface area contributed by atoms with E-state index in [-0.39, 0.29) is 5.54 Å². The fraction of sp³-hybridized carbons (Fsp3) is 0.588. The van der Waals surface area contributed by atoms with Crippen LogP contribution in [0.15, 0.2) is 30.7 Å². The summed E-state index contributed by atoms with van der Waals surface area (Å²) in [7, 11) is 0. The van der Waals surface area contributed by atoms with E-state index in [1.807, 2.05) is 0 Å².